The quantitative estimate of drug-likeness (QED) is 0.643. The zero-order chi connectivity index (χ0) is 18.9. The number of carbonyl (C=O) groups is 1. The summed E-state index contributed by atoms with van der Waals surface area (Å²) < 4.78 is 11.5. The van der Waals surface area contributed by atoms with Crippen LogP contribution in [0.25, 0.3) is 6.08 Å². The van der Waals surface area contributed by atoms with Crippen molar-refractivity contribution >= 4 is 11.9 Å². The van der Waals surface area contributed by atoms with Gasteiger partial charge in [-0.1, -0.05) is 13.8 Å². The van der Waals surface area contributed by atoms with Crippen molar-refractivity contribution in [3.63, 3.8) is 0 Å². The average Bonchev–Trinajstić information content (AvgIpc) is 2.60. The fourth-order valence-corrected chi connectivity index (χ4v) is 3.05. The molecule has 1 aliphatic heterocycles. The fraction of sp³-hybridized carbons (Fsp3) is 0.318. The van der Waals surface area contributed by atoms with Crippen LogP contribution >= 0.6 is 0 Å². The van der Waals surface area contributed by atoms with Crippen molar-refractivity contribution in [1.29, 1.82) is 0 Å². The fourth-order valence-electron chi connectivity index (χ4n) is 3.05. The number of allylic oxidation sites excluding steroid dienone is 1. The second-order valence-corrected chi connectivity index (χ2v) is 7.37. The number of phenols is 1. The lowest BCUT2D eigenvalue weighted by Crippen LogP contribution is -2.37. The van der Waals surface area contributed by atoms with Crippen molar-refractivity contribution in [3.05, 3.63) is 59.2 Å². The lowest BCUT2D eigenvalue weighted by Gasteiger charge is -2.38. The molecule has 0 fully saturated rings. The van der Waals surface area contributed by atoms with Crippen LogP contribution in [0.2, 0.25) is 0 Å². The predicted octanol–water partition coefficient (Wildman–Crippen LogP) is 4.65. The summed E-state index contributed by atoms with van der Waals surface area (Å²) in [4.78, 5) is 12.3. The minimum Gasteiger partial charge on any atom is -0.508 e. The van der Waals surface area contributed by atoms with Crippen molar-refractivity contribution in [2.24, 2.45) is 5.41 Å². The molecule has 0 aliphatic carbocycles. The highest BCUT2D eigenvalue weighted by atomic mass is 16.5. The molecular weight excluding hydrogens is 328 g/mol. The number of methoxy groups -OCH3 is 1. The molecule has 2 aromatic rings. The molecule has 4 heteroatoms. The first-order valence-corrected chi connectivity index (χ1v) is 8.69. The summed E-state index contributed by atoms with van der Waals surface area (Å²) in [6.07, 6.45) is 4.31. The van der Waals surface area contributed by atoms with Gasteiger partial charge in [0.05, 0.1) is 7.11 Å². The zero-order valence-corrected chi connectivity index (χ0v) is 15.6. The molecule has 26 heavy (non-hydrogen) atoms. The lowest BCUT2D eigenvalue weighted by molar-refractivity contribution is 0.0682. The molecule has 1 unspecified atom stereocenters. The maximum Gasteiger partial charge on any atom is 0.185 e. The number of phenolic OH excluding ortho intramolecular Hbond substituents is 1. The van der Waals surface area contributed by atoms with Crippen molar-refractivity contribution in [2.45, 2.75) is 33.3 Å². The Labute approximate surface area is 154 Å². The molecule has 0 amide bonds. The van der Waals surface area contributed by atoms with Gasteiger partial charge in [0, 0.05) is 22.6 Å². The van der Waals surface area contributed by atoms with E-state index in [2.05, 4.69) is 20.8 Å². The molecule has 1 aliphatic rings. The van der Waals surface area contributed by atoms with Crippen LogP contribution in [0.15, 0.2) is 42.5 Å². The molecule has 0 bridgehead atoms. The first-order chi connectivity index (χ1) is 12.3. The summed E-state index contributed by atoms with van der Waals surface area (Å²) in [7, 11) is 1.61. The Bertz CT molecular complexity index is 847. The van der Waals surface area contributed by atoms with Crippen molar-refractivity contribution in [1.82, 2.24) is 0 Å². The van der Waals surface area contributed by atoms with Gasteiger partial charge < -0.3 is 14.6 Å². The largest absolute Gasteiger partial charge is 0.508 e. The van der Waals surface area contributed by atoms with E-state index in [0.29, 0.717) is 11.3 Å². The summed E-state index contributed by atoms with van der Waals surface area (Å²) in [5.74, 6) is 1.52. The Hall–Kier alpha value is -2.75. The van der Waals surface area contributed by atoms with Gasteiger partial charge in [-0.15, -0.1) is 0 Å². The van der Waals surface area contributed by atoms with Crippen LogP contribution in [0.5, 0.6) is 17.2 Å². The Morgan fingerprint density at radius 1 is 1.27 bits per heavy atom. The first kappa shape index (κ1) is 18.1. The van der Waals surface area contributed by atoms with E-state index in [1.54, 1.807) is 25.3 Å². The van der Waals surface area contributed by atoms with E-state index in [0.717, 1.165) is 23.3 Å². The highest BCUT2D eigenvalue weighted by Gasteiger charge is 2.34. The molecule has 0 radical (unpaired) electrons. The molecule has 0 saturated carbocycles. The Kier molecular flexibility index (Phi) is 4.77. The molecule has 0 aromatic heterocycles. The van der Waals surface area contributed by atoms with Crippen LogP contribution in [0.3, 0.4) is 0 Å². The smallest absolute Gasteiger partial charge is 0.185 e. The minimum absolute atomic E-state index is 0.0461. The number of rotatable bonds is 4. The van der Waals surface area contributed by atoms with E-state index >= 15 is 0 Å². The van der Waals surface area contributed by atoms with E-state index < -0.39 is 0 Å². The number of carbonyl (C=O) groups excluding carboxylic acids is 1. The van der Waals surface area contributed by atoms with Gasteiger partial charge in [-0.2, -0.15) is 0 Å². The monoisotopic (exact) mass is 352 g/mol. The van der Waals surface area contributed by atoms with E-state index in [1.807, 2.05) is 12.1 Å². The summed E-state index contributed by atoms with van der Waals surface area (Å²) in [5.41, 5.74) is 2.52. The number of fused-ring (bicyclic) bond motifs is 1. The van der Waals surface area contributed by atoms with Crippen LogP contribution in [-0.4, -0.2) is 24.1 Å². The van der Waals surface area contributed by atoms with E-state index in [9.17, 15) is 9.90 Å². The molecule has 1 atom stereocenters. The number of ether oxygens (including phenoxy) is 2. The van der Waals surface area contributed by atoms with Gasteiger partial charge in [-0.05, 0) is 61.4 Å². The van der Waals surface area contributed by atoms with E-state index in [-0.39, 0.29) is 23.1 Å². The molecule has 136 valence electrons. The van der Waals surface area contributed by atoms with Gasteiger partial charge >= 0.3 is 0 Å². The normalized spacial score (nSPS) is 18.2. The Balaban J connectivity index is 1.90. The second-order valence-electron chi connectivity index (χ2n) is 7.37. The molecule has 0 spiro atoms. The first-order valence-electron chi connectivity index (χ1n) is 8.69. The van der Waals surface area contributed by atoms with Crippen molar-refractivity contribution in [3.8, 4) is 17.2 Å². The van der Waals surface area contributed by atoms with Gasteiger partial charge in [0.15, 0.2) is 5.78 Å². The van der Waals surface area contributed by atoms with Crippen LogP contribution in [0, 0.1) is 5.41 Å². The second kappa shape index (κ2) is 6.87. The minimum atomic E-state index is -0.130. The van der Waals surface area contributed by atoms with E-state index in [1.165, 1.54) is 18.2 Å². The van der Waals surface area contributed by atoms with Gasteiger partial charge in [-0.3, -0.25) is 4.79 Å². The standard InChI is InChI=1S/C22H24O4/c1-14-22(2,3)13-17-11-16(20(25-4)12-21(17)26-14)7-10-19(24)15-5-8-18(23)9-6-15/h5-12,14,23H,13H2,1-4H3/b10-7+. The predicted molar refractivity (Wildman–Crippen MR) is 102 cm³/mol. The molecular formula is C22H24O4. The summed E-state index contributed by atoms with van der Waals surface area (Å²) in [6, 6.07) is 10.1. The number of ketones is 1. The summed E-state index contributed by atoms with van der Waals surface area (Å²) in [6.45, 7) is 6.46. The van der Waals surface area contributed by atoms with Crippen LogP contribution < -0.4 is 9.47 Å². The third kappa shape index (κ3) is 3.59. The van der Waals surface area contributed by atoms with Crippen molar-refractivity contribution < 1.29 is 19.4 Å². The molecule has 3 rings (SSSR count). The number of hydrogen-bond donors (Lipinski definition) is 1. The number of hydrogen-bond acceptors (Lipinski definition) is 4. The number of benzene rings is 2. The highest BCUT2D eigenvalue weighted by Crippen LogP contribution is 2.41. The Morgan fingerprint density at radius 3 is 2.62 bits per heavy atom. The maximum atomic E-state index is 12.3. The lowest BCUT2D eigenvalue weighted by atomic mass is 9.78. The summed E-state index contributed by atoms with van der Waals surface area (Å²) >= 11 is 0. The van der Waals surface area contributed by atoms with Gasteiger partial charge in [0.1, 0.15) is 23.4 Å². The maximum absolute atomic E-state index is 12.3. The number of aromatic hydroxyl groups is 1. The third-order valence-corrected chi connectivity index (χ3v) is 5.03. The Morgan fingerprint density at radius 2 is 1.96 bits per heavy atom. The average molecular weight is 352 g/mol. The molecule has 1 heterocycles. The zero-order valence-electron chi connectivity index (χ0n) is 15.6. The van der Waals surface area contributed by atoms with Gasteiger partial charge in [0.2, 0.25) is 0 Å². The highest BCUT2D eigenvalue weighted by molar-refractivity contribution is 6.07. The van der Waals surface area contributed by atoms with Crippen molar-refractivity contribution in [2.75, 3.05) is 7.11 Å². The molecule has 0 saturated heterocycles. The topological polar surface area (TPSA) is 55.8 Å². The van der Waals surface area contributed by atoms with Gasteiger partial charge in [-0.25, -0.2) is 0 Å². The third-order valence-electron chi connectivity index (χ3n) is 5.03. The molecule has 4 nitrogen and oxygen atoms in total. The molecule has 1 N–H and O–H groups in total. The van der Waals surface area contributed by atoms with Gasteiger partial charge in [0.25, 0.3) is 0 Å². The van der Waals surface area contributed by atoms with Crippen LogP contribution in [-0.2, 0) is 6.42 Å². The van der Waals surface area contributed by atoms with E-state index in [4.69, 9.17) is 9.47 Å². The summed E-state index contributed by atoms with van der Waals surface area (Å²) in [5, 5.41) is 9.33. The molecule has 2 aromatic carbocycles. The SMILES string of the molecule is COc1cc2c(cc1/C=C/C(=O)c1ccc(O)cc1)CC(C)(C)C(C)O2. The van der Waals surface area contributed by atoms with Crippen LogP contribution in [0.4, 0.5) is 0 Å². The van der Waals surface area contributed by atoms with Crippen LogP contribution in [0.1, 0.15) is 42.3 Å².